The quantitative estimate of drug-likeness (QED) is 0.201. The first-order valence-corrected chi connectivity index (χ1v) is 10.8. The molecule has 3 aromatic carbocycles. The standard InChI is InChI=1S/C26H30N6O2/c1-18-14-20(11-13-24(18)34-21-8-6-5-7-9-21)31-26(28)22-15-19(10-12-23(22)29-2)16-30-32(3)25(27)17-33-4/h5-16,27,29H,17H2,1-4H3,(H2,28,31)/b27-25?,30-16+. The van der Waals surface area contributed by atoms with Crippen molar-refractivity contribution in [1.29, 1.82) is 10.8 Å². The number of hydrogen-bond donors (Lipinski definition) is 4. The van der Waals surface area contributed by atoms with Crippen LogP contribution in [0.3, 0.4) is 0 Å². The number of methoxy groups -OCH3 is 1. The molecule has 0 aliphatic heterocycles. The van der Waals surface area contributed by atoms with Gasteiger partial charge in [-0.1, -0.05) is 24.3 Å². The summed E-state index contributed by atoms with van der Waals surface area (Å²) in [6, 6.07) is 21.0. The van der Waals surface area contributed by atoms with E-state index in [2.05, 4.69) is 15.7 Å². The minimum absolute atomic E-state index is 0.181. The van der Waals surface area contributed by atoms with Crippen molar-refractivity contribution >= 4 is 29.3 Å². The molecule has 0 heterocycles. The lowest BCUT2D eigenvalue weighted by atomic mass is 10.1. The Bertz CT molecular complexity index is 1180. The van der Waals surface area contributed by atoms with E-state index < -0.39 is 0 Å². The van der Waals surface area contributed by atoms with Crippen LogP contribution in [-0.4, -0.2) is 50.7 Å². The maximum absolute atomic E-state index is 8.66. The average Bonchev–Trinajstić information content (AvgIpc) is 2.84. The molecule has 176 valence electrons. The van der Waals surface area contributed by atoms with Gasteiger partial charge < -0.3 is 20.1 Å². The maximum Gasteiger partial charge on any atom is 0.143 e. The van der Waals surface area contributed by atoms with Crippen LogP contribution in [0.4, 0.5) is 11.4 Å². The van der Waals surface area contributed by atoms with Crippen molar-refractivity contribution in [3.63, 3.8) is 0 Å². The van der Waals surface area contributed by atoms with Gasteiger partial charge in [-0.15, -0.1) is 0 Å². The zero-order valence-electron chi connectivity index (χ0n) is 19.8. The molecular formula is C26H30N6O2. The van der Waals surface area contributed by atoms with Gasteiger partial charge in [0.1, 0.15) is 29.8 Å². The van der Waals surface area contributed by atoms with Crippen LogP contribution in [-0.2, 0) is 4.74 Å². The minimum atomic E-state index is 0.181. The van der Waals surface area contributed by atoms with E-state index >= 15 is 0 Å². The van der Waals surface area contributed by atoms with Gasteiger partial charge in [0, 0.05) is 38.1 Å². The molecule has 3 rings (SSSR count). The van der Waals surface area contributed by atoms with Crippen LogP contribution in [0.2, 0.25) is 0 Å². The topological polar surface area (TPSA) is 106 Å². The Hall–Kier alpha value is -4.17. The number of anilines is 2. The van der Waals surface area contributed by atoms with Crippen LogP contribution < -0.4 is 15.4 Å². The number of benzene rings is 3. The second kappa shape index (κ2) is 11.6. The van der Waals surface area contributed by atoms with Crippen molar-refractivity contribution in [2.45, 2.75) is 6.92 Å². The second-order valence-electron chi connectivity index (χ2n) is 7.60. The van der Waals surface area contributed by atoms with Gasteiger partial charge in [0.15, 0.2) is 0 Å². The summed E-state index contributed by atoms with van der Waals surface area (Å²) in [5.41, 5.74) is 4.06. The van der Waals surface area contributed by atoms with E-state index in [4.69, 9.17) is 20.3 Å². The van der Waals surface area contributed by atoms with Gasteiger partial charge in [-0.05, 0) is 60.5 Å². The lowest BCUT2D eigenvalue weighted by molar-refractivity contribution is 0.233. The molecule has 0 fully saturated rings. The maximum atomic E-state index is 8.66. The van der Waals surface area contributed by atoms with Gasteiger partial charge in [0.2, 0.25) is 0 Å². The number of nitrogens with zero attached hydrogens (tertiary/aromatic N) is 2. The van der Waals surface area contributed by atoms with Gasteiger partial charge in [-0.25, -0.2) is 0 Å². The number of rotatable bonds is 9. The van der Waals surface area contributed by atoms with Crippen molar-refractivity contribution < 1.29 is 9.47 Å². The van der Waals surface area contributed by atoms with Crippen LogP contribution in [0.15, 0.2) is 71.8 Å². The fourth-order valence-corrected chi connectivity index (χ4v) is 3.19. The summed E-state index contributed by atoms with van der Waals surface area (Å²) in [5, 5.41) is 28.6. The van der Waals surface area contributed by atoms with Crippen LogP contribution in [0.25, 0.3) is 0 Å². The van der Waals surface area contributed by atoms with E-state index in [1.807, 2.05) is 80.7 Å². The van der Waals surface area contributed by atoms with E-state index in [1.165, 1.54) is 5.01 Å². The summed E-state index contributed by atoms with van der Waals surface area (Å²) in [6.07, 6.45) is 1.65. The minimum Gasteiger partial charge on any atom is -0.457 e. The Morgan fingerprint density at radius 2 is 1.82 bits per heavy atom. The fraction of sp³-hybridized carbons (Fsp3) is 0.192. The zero-order chi connectivity index (χ0) is 24.5. The number of likely N-dealkylation sites (N-methyl/N-ethyl adjacent to an activating group) is 1. The summed E-state index contributed by atoms with van der Waals surface area (Å²) in [4.78, 5) is 0. The van der Waals surface area contributed by atoms with E-state index in [0.717, 1.165) is 34.0 Å². The highest BCUT2D eigenvalue weighted by Crippen LogP contribution is 2.28. The lowest BCUT2D eigenvalue weighted by Gasteiger charge is -2.15. The van der Waals surface area contributed by atoms with Crippen molar-refractivity contribution in [3.8, 4) is 11.5 Å². The summed E-state index contributed by atoms with van der Waals surface area (Å²) in [6.45, 7) is 2.15. The number of ether oxygens (including phenoxy) is 2. The molecule has 0 aliphatic carbocycles. The van der Waals surface area contributed by atoms with Crippen molar-refractivity contribution in [2.24, 2.45) is 5.10 Å². The van der Waals surface area contributed by atoms with Gasteiger partial charge in [-0.2, -0.15) is 5.10 Å². The van der Waals surface area contributed by atoms with Crippen molar-refractivity contribution in [1.82, 2.24) is 5.01 Å². The number of hydrogen-bond acceptors (Lipinski definition) is 6. The van der Waals surface area contributed by atoms with Crippen LogP contribution in [0.1, 0.15) is 16.7 Å². The fourth-order valence-electron chi connectivity index (χ4n) is 3.19. The molecule has 0 unspecified atom stereocenters. The third-order valence-electron chi connectivity index (χ3n) is 5.05. The monoisotopic (exact) mass is 458 g/mol. The molecule has 0 saturated heterocycles. The van der Waals surface area contributed by atoms with E-state index in [9.17, 15) is 0 Å². The predicted molar refractivity (Wildman–Crippen MR) is 139 cm³/mol. The second-order valence-corrected chi connectivity index (χ2v) is 7.60. The molecular weight excluding hydrogens is 428 g/mol. The summed E-state index contributed by atoms with van der Waals surface area (Å²) in [7, 11) is 5.05. The molecule has 0 saturated carbocycles. The third-order valence-corrected chi connectivity index (χ3v) is 5.05. The van der Waals surface area contributed by atoms with Crippen LogP contribution >= 0.6 is 0 Å². The molecule has 4 N–H and O–H groups in total. The van der Waals surface area contributed by atoms with Crippen LogP contribution in [0.5, 0.6) is 11.5 Å². The van der Waals surface area contributed by atoms with Gasteiger partial charge in [-0.3, -0.25) is 15.8 Å². The van der Waals surface area contributed by atoms with E-state index in [1.54, 1.807) is 20.4 Å². The first-order chi connectivity index (χ1) is 16.4. The molecule has 0 atom stereocenters. The van der Waals surface area contributed by atoms with Crippen molar-refractivity contribution in [2.75, 3.05) is 38.4 Å². The Balaban J connectivity index is 1.75. The number of aryl methyl sites for hydroxylation is 1. The molecule has 0 amide bonds. The molecule has 0 aromatic heterocycles. The van der Waals surface area contributed by atoms with E-state index in [-0.39, 0.29) is 18.3 Å². The van der Waals surface area contributed by atoms with Gasteiger partial charge in [0.25, 0.3) is 0 Å². The SMILES string of the molecule is CNc1ccc(/C=N/N(C)C(=N)COC)cc1C(=N)Nc1ccc(Oc2ccccc2)c(C)c1. The van der Waals surface area contributed by atoms with E-state index in [0.29, 0.717) is 5.56 Å². The average molecular weight is 459 g/mol. The smallest absolute Gasteiger partial charge is 0.143 e. The van der Waals surface area contributed by atoms with Crippen LogP contribution in [0, 0.1) is 17.7 Å². The molecule has 3 aromatic rings. The van der Waals surface area contributed by atoms with Crippen molar-refractivity contribution in [3.05, 3.63) is 83.4 Å². The zero-order valence-corrected chi connectivity index (χ0v) is 19.8. The first kappa shape index (κ1) is 24.5. The van der Waals surface area contributed by atoms with Gasteiger partial charge >= 0.3 is 0 Å². The summed E-state index contributed by atoms with van der Waals surface area (Å²) < 4.78 is 10.9. The normalized spacial score (nSPS) is 10.7. The summed E-state index contributed by atoms with van der Waals surface area (Å²) >= 11 is 0. The molecule has 0 aliphatic rings. The summed E-state index contributed by atoms with van der Waals surface area (Å²) in [5.74, 6) is 2.03. The predicted octanol–water partition coefficient (Wildman–Crippen LogP) is 5.16. The molecule has 0 bridgehead atoms. The highest BCUT2D eigenvalue weighted by molar-refractivity contribution is 6.10. The highest BCUT2D eigenvalue weighted by atomic mass is 16.5. The Kier molecular flexibility index (Phi) is 8.37. The highest BCUT2D eigenvalue weighted by Gasteiger charge is 2.11. The Morgan fingerprint density at radius 1 is 1.06 bits per heavy atom. The number of para-hydroxylation sites is 1. The number of amidine groups is 2. The first-order valence-electron chi connectivity index (χ1n) is 10.8. The number of hydrazone groups is 1. The Labute approximate surface area is 200 Å². The molecule has 34 heavy (non-hydrogen) atoms. The Morgan fingerprint density at radius 3 is 2.50 bits per heavy atom. The molecule has 0 spiro atoms. The van der Waals surface area contributed by atoms with Gasteiger partial charge in [0.05, 0.1) is 6.21 Å². The largest absolute Gasteiger partial charge is 0.457 e. The lowest BCUT2D eigenvalue weighted by Crippen LogP contribution is -2.24. The molecule has 0 radical (unpaired) electrons. The molecule has 8 heteroatoms. The third kappa shape index (κ3) is 6.43. The molecule has 8 nitrogen and oxygen atoms in total. The number of nitrogens with one attached hydrogen (secondary N) is 4.